The molecular formula is C20H25N5O2. The van der Waals surface area contributed by atoms with Gasteiger partial charge in [0.2, 0.25) is 0 Å². The van der Waals surface area contributed by atoms with Crippen LogP contribution >= 0.6 is 0 Å². The fraction of sp³-hybridized carbons (Fsp3) is 0.550. The second kappa shape index (κ2) is 5.79. The average molecular weight is 367 g/mol. The quantitative estimate of drug-likeness (QED) is 0.868. The van der Waals surface area contributed by atoms with Crippen LogP contribution in [-0.4, -0.2) is 42.2 Å². The first-order valence-corrected chi connectivity index (χ1v) is 9.71. The molecule has 0 saturated heterocycles. The van der Waals surface area contributed by atoms with Gasteiger partial charge in [0.25, 0.3) is 5.91 Å². The van der Waals surface area contributed by atoms with Crippen LogP contribution in [0.1, 0.15) is 49.4 Å². The zero-order valence-electron chi connectivity index (χ0n) is 15.5. The lowest BCUT2D eigenvalue weighted by Crippen LogP contribution is -2.61. The predicted molar refractivity (Wildman–Crippen MR) is 100 cm³/mol. The SMILES string of the molecule is C=C(C)n1ncc(C(=O)N[C@H]2C3CC4CC2C[C@](O)(C4)C3)c1-n1cccn1. The fourth-order valence-electron chi connectivity index (χ4n) is 5.84. The summed E-state index contributed by atoms with van der Waals surface area (Å²) in [6.07, 6.45) is 9.84. The Morgan fingerprint density at radius 1 is 1.30 bits per heavy atom. The molecule has 1 amide bonds. The summed E-state index contributed by atoms with van der Waals surface area (Å²) in [6, 6.07) is 1.95. The summed E-state index contributed by atoms with van der Waals surface area (Å²) in [4.78, 5) is 13.2. The molecule has 4 bridgehead atoms. The third-order valence-electron chi connectivity index (χ3n) is 6.61. The van der Waals surface area contributed by atoms with Crippen molar-refractivity contribution in [1.29, 1.82) is 0 Å². The van der Waals surface area contributed by atoms with E-state index in [1.807, 2.05) is 13.0 Å². The van der Waals surface area contributed by atoms with E-state index in [1.165, 1.54) is 0 Å². The van der Waals surface area contributed by atoms with Crippen molar-refractivity contribution in [3.63, 3.8) is 0 Å². The van der Waals surface area contributed by atoms with Gasteiger partial charge in [0.1, 0.15) is 5.56 Å². The number of allylic oxidation sites excluding steroid dienone is 1. The minimum absolute atomic E-state index is 0.127. The summed E-state index contributed by atoms with van der Waals surface area (Å²) < 4.78 is 3.29. The molecule has 0 aromatic carbocycles. The number of amides is 1. The highest BCUT2D eigenvalue weighted by Gasteiger charge is 2.55. The van der Waals surface area contributed by atoms with Gasteiger partial charge in [-0.3, -0.25) is 4.79 Å². The largest absolute Gasteiger partial charge is 0.390 e. The standard InChI is InChI=1S/C20H25N5O2/c1-12(2)25-19(24-5-3-4-21-24)16(11-22-25)18(26)23-17-14-6-13-7-15(17)10-20(27,8-13)9-14/h3-5,11,13-15,17,27H,1,6-10H2,2H3,(H,23,26)/t13?,14?,15?,17-,20-. The van der Waals surface area contributed by atoms with E-state index in [1.54, 1.807) is 28.0 Å². The lowest BCUT2D eigenvalue weighted by Gasteiger charge is -2.58. The second-order valence-corrected chi connectivity index (χ2v) is 8.67. The Bertz CT molecular complexity index is 884. The number of rotatable bonds is 4. The maximum absolute atomic E-state index is 13.2. The molecule has 0 radical (unpaired) electrons. The van der Waals surface area contributed by atoms with E-state index in [2.05, 4.69) is 22.1 Å². The molecule has 2 aromatic rings. The van der Waals surface area contributed by atoms with Crippen molar-refractivity contribution < 1.29 is 9.90 Å². The van der Waals surface area contributed by atoms with Gasteiger partial charge in [-0.25, -0.2) is 9.36 Å². The van der Waals surface area contributed by atoms with Crippen LogP contribution in [0.3, 0.4) is 0 Å². The molecule has 7 heteroatoms. The molecule has 2 heterocycles. The number of hydrogen-bond acceptors (Lipinski definition) is 4. The number of aliphatic hydroxyl groups is 1. The van der Waals surface area contributed by atoms with Gasteiger partial charge in [-0.05, 0) is 62.8 Å². The van der Waals surface area contributed by atoms with Crippen molar-refractivity contribution in [2.24, 2.45) is 17.8 Å². The molecule has 4 saturated carbocycles. The first kappa shape index (κ1) is 16.7. The molecule has 2 aromatic heterocycles. The summed E-state index contributed by atoms with van der Waals surface area (Å²) in [5.41, 5.74) is 0.716. The van der Waals surface area contributed by atoms with Gasteiger partial charge in [0.15, 0.2) is 5.82 Å². The van der Waals surface area contributed by atoms with Gasteiger partial charge in [0.05, 0.1) is 11.8 Å². The number of aromatic nitrogens is 4. The molecule has 6 rings (SSSR count). The highest BCUT2D eigenvalue weighted by Crippen LogP contribution is 2.55. The van der Waals surface area contributed by atoms with Gasteiger partial charge in [0, 0.05) is 24.1 Å². The smallest absolute Gasteiger partial charge is 0.257 e. The van der Waals surface area contributed by atoms with E-state index < -0.39 is 5.60 Å². The van der Waals surface area contributed by atoms with Crippen molar-refractivity contribution in [3.05, 3.63) is 36.8 Å². The molecule has 0 aliphatic heterocycles. The molecule has 27 heavy (non-hydrogen) atoms. The van der Waals surface area contributed by atoms with E-state index in [0.717, 1.165) is 37.8 Å². The third-order valence-corrected chi connectivity index (χ3v) is 6.61. The minimum Gasteiger partial charge on any atom is -0.390 e. The lowest BCUT2D eigenvalue weighted by atomic mass is 9.52. The number of carbonyl (C=O) groups excluding carboxylic acids is 1. The number of hydrogen-bond donors (Lipinski definition) is 2. The van der Waals surface area contributed by atoms with Gasteiger partial charge in [-0.1, -0.05) is 6.58 Å². The summed E-state index contributed by atoms with van der Waals surface area (Å²) in [5, 5.41) is 22.7. The summed E-state index contributed by atoms with van der Waals surface area (Å²) in [5.74, 6) is 1.83. The van der Waals surface area contributed by atoms with E-state index in [4.69, 9.17) is 0 Å². The molecule has 2 unspecified atom stereocenters. The number of nitrogens with zero attached hydrogens (tertiary/aromatic N) is 4. The first-order chi connectivity index (χ1) is 12.9. The maximum atomic E-state index is 13.2. The Morgan fingerprint density at radius 2 is 2.04 bits per heavy atom. The molecule has 4 aliphatic carbocycles. The average Bonchev–Trinajstić information content (AvgIpc) is 3.24. The van der Waals surface area contributed by atoms with Crippen LogP contribution in [0, 0.1) is 17.8 Å². The van der Waals surface area contributed by atoms with Crippen LogP contribution in [0.25, 0.3) is 11.5 Å². The first-order valence-electron chi connectivity index (χ1n) is 9.71. The van der Waals surface area contributed by atoms with Crippen LogP contribution in [0.2, 0.25) is 0 Å². The molecule has 0 spiro atoms. The summed E-state index contributed by atoms with van der Waals surface area (Å²) in [6.45, 7) is 5.80. The van der Waals surface area contributed by atoms with E-state index >= 15 is 0 Å². The molecule has 2 N–H and O–H groups in total. The molecule has 4 aliphatic rings. The van der Waals surface area contributed by atoms with Crippen LogP contribution in [-0.2, 0) is 0 Å². The Kier molecular flexibility index (Phi) is 3.59. The van der Waals surface area contributed by atoms with Crippen LogP contribution in [0.5, 0.6) is 0 Å². The molecule has 7 nitrogen and oxygen atoms in total. The normalized spacial score (nSPS) is 34.0. The molecular weight excluding hydrogens is 342 g/mol. The highest BCUT2D eigenvalue weighted by atomic mass is 16.3. The third kappa shape index (κ3) is 2.64. The maximum Gasteiger partial charge on any atom is 0.257 e. The zero-order chi connectivity index (χ0) is 18.8. The fourth-order valence-corrected chi connectivity index (χ4v) is 5.84. The van der Waals surface area contributed by atoms with E-state index in [-0.39, 0.29) is 11.9 Å². The second-order valence-electron chi connectivity index (χ2n) is 8.67. The Labute approximate surface area is 158 Å². The molecule has 4 fully saturated rings. The predicted octanol–water partition coefficient (Wildman–Crippen LogP) is 2.23. The van der Waals surface area contributed by atoms with Crippen LogP contribution in [0.15, 0.2) is 31.2 Å². The zero-order valence-corrected chi connectivity index (χ0v) is 15.5. The van der Waals surface area contributed by atoms with Gasteiger partial charge in [-0.2, -0.15) is 10.2 Å². The monoisotopic (exact) mass is 367 g/mol. The Balaban J connectivity index is 1.44. The van der Waals surface area contributed by atoms with Crippen molar-refractivity contribution in [1.82, 2.24) is 24.9 Å². The number of nitrogens with one attached hydrogen (secondary N) is 1. The molecule has 142 valence electrons. The molecule has 2 atom stereocenters. The highest BCUT2D eigenvalue weighted by molar-refractivity contribution is 5.97. The van der Waals surface area contributed by atoms with Gasteiger partial charge in [-0.15, -0.1) is 0 Å². The van der Waals surface area contributed by atoms with Crippen molar-refractivity contribution >= 4 is 11.6 Å². The van der Waals surface area contributed by atoms with E-state index in [0.29, 0.717) is 29.1 Å². The Morgan fingerprint density at radius 3 is 2.63 bits per heavy atom. The van der Waals surface area contributed by atoms with Crippen LogP contribution in [0.4, 0.5) is 0 Å². The van der Waals surface area contributed by atoms with Gasteiger partial charge >= 0.3 is 0 Å². The van der Waals surface area contributed by atoms with E-state index in [9.17, 15) is 9.90 Å². The van der Waals surface area contributed by atoms with Crippen molar-refractivity contribution in [3.8, 4) is 5.82 Å². The summed E-state index contributed by atoms with van der Waals surface area (Å²) in [7, 11) is 0. The van der Waals surface area contributed by atoms with Crippen LogP contribution < -0.4 is 5.32 Å². The Hall–Kier alpha value is -2.41. The summed E-state index contributed by atoms with van der Waals surface area (Å²) >= 11 is 0. The minimum atomic E-state index is -0.497. The topological polar surface area (TPSA) is 85.0 Å². The lowest BCUT2D eigenvalue weighted by molar-refractivity contribution is -0.136. The number of carbonyl (C=O) groups is 1. The van der Waals surface area contributed by atoms with Crippen molar-refractivity contribution in [2.75, 3.05) is 0 Å². The van der Waals surface area contributed by atoms with Gasteiger partial charge < -0.3 is 10.4 Å². The van der Waals surface area contributed by atoms with Crippen molar-refractivity contribution in [2.45, 2.75) is 50.7 Å².